The number of anilines is 2. The monoisotopic (exact) mass is 638 g/mol. The molecule has 2 aliphatic heterocycles. The van der Waals surface area contributed by atoms with Gasteiger partial charge in [0.1, 0.15) is 12.3 Å². The van der Waals surface area contributed by atoms with Gasteiger partial charge in [0.25, 0.3) is 0 Å². The SMILES string of the molecule is COc1cc(S(=O)(=O)N2CCOCC2)ccc1NCC#Cc1cc2c(NC3CCS(=O)CC3)cccc2n1CC(F)(F)F. The van der Waals surface area contributed by atoms with E-state index in [1.807, 2.05) is 6.07 Å². The highest BCUT2D eigenvalue weighted by Crippen LogP contribution is 2.32. The Morgan fingerprint density at radius 2 is 1.84 bits per heavy atom. The second kappa shape index (κ2) is 13.2. The molecule has 0 bridgehead atoms. The van der Waals surface area contributed by atoms with Gasteiger partial charge in [0.2, 0.25) is 10.0 Å². The van der Waals surface area contributed by atoms with Crippen LogP contribution in [0.4, 0.5) is 24.5 Å². The average molecular weight is 639 g/mol. The Balaban J connectivity index is 1.35. The molecule has 3 aromatic rings. The third kappa shape index (κ3) is 7.46. The molecule has 0 unspecified atom stereocenters. The Bertz CT molecular complexity index is 1650. The number of benzene rings is 2. The molecular formula is C29H33F3N4O5S2. The van der Waals surface area contributed by atoms with Crippen molar-refractivity contribution in [2.24, 2.45) is 0 Å². The normalized spacial score (nSPS) is 19.9. The molecule has 2 saturated heterocycles. The Labute approximate surface area is 251 Å². The summed E-state index contributed by atoms with van der Waals surface area (Å²) in [6.45, 7) is 0.0872. The van der Waals surface area contributed by atoms with Gasteiger partial charge in [-0.25, -0.2) is 8.42 Å². The summed E-state index contributed by atoms with van der Waals surface area (Å²) in [6, 6.07) is 11.4. The van der Waals surface area contributed by atoms with E-state index >= 15 is 0 Å². The van der Waals surface area contributed by atoms with Crippen LogP contribution in [0.5, 0.6) is 5.75 Å². The molecular weight excluding hydrogens is 605 g/mol. The zero-order chi connectivity index (χ0) is 30.6. The lowest BCUT2D eigenvalue weighted by atomic mass is 10.1. The number of halogens is 3. The molecule has 43 heavy (non-hydrogen) atoms. The van der Waals surface area contributed by atoms with E-state index in [1.54, 1.807) is 24.3 Å². The molecule has 3 heterocycles. The Kier molecular flexibility index (Phi) is 9.55. The van der Waals surface area contributed by atoms with E-state index in [4.69, 9.17) is 9.47 Å². The molecule has 9 nitrogen and oxygen atoms in total. The van der Waals surface area contributed by atoms with E-state index < -0.39 is 33.5 Å². The van der Waals surface area contributed by atoms with Crippen molar-refractivity contribution in [3.05, 3.63) is 48.2 Å². The summed E-state index contributed by atoms with van der Waals surface area (Å²) >= 11 is 0. The van der Waals surface area contributed by atoms with E-state index in [1.165, 1.54) is 23.5 Å². The van der Waals surface area contributed by atoms with Crippen molar-refractivity contribution in [3.8, 4) is 17.6 Å². The summed E-state index contributed by atoms with van der Waals surface area (Å²) in [6.07, 6.45) is -2.99. The average Bonchev–Trinajstić information content (AvgIpc) is 3.33. The molecule has 0 amide bonds. The first kappa shape index (κ1) is 31.2. The van der Waals surface area contributed by atoms with Gasteiger partial charge in [-0.05, 0) is 49.1 Å². The fourth-order valence-corrected chi connectivity index (χ4v) is 7.93. The van der Waals surface area contributed by atoms with Crippen molar-refractivity contribution in [2.45, 2.75) is 36.5 Å². The molecule has 14 heteroatoms. The van der Waals surface area contributed by atoms with E-state index in [-0.39, 0.29) is 36.3 Å². The molecule has 2 N–H and O–H groups in total. The van der Waals surface area contributed by atoms with E-state index in [9.17, 15) is 25.8 Å². The Morgan fingerprint density at radius 1 is 1.09 bits per heavy atom. The number of nitrogens with one attached hydrogen (secondary N) is 2. The first-order valence-electron chi connectivity index (χ1n) is 13.8. The first-order chi connectivity index (χ1) is 20.5. The van der Waals surface area contributed by atoms with E-state index in [0.717, 1.165) is 17.4 Å². The number of rotatable bonds is 8. The molecule has 0 aliphatic carbocycles. The number of aromatic nitrogens is 1. The van der Waals surface area contributed by atoms with Crippen LogP contribution in [0.15, 0.2) is 47.4 Å². The molecule has 2 aliphatic rings. The third-order valence-electron chi connectivity index (χ3n) is 7.40. The molecule has 0 saturated carbocycles. The maximum absolute atomic E-state index is 13.6. The number of methoxy groups -OCH3 is 1. The highest BCUT2D eigenvalue weighted by Gasteiger charge is 2.30. The second-order valence-corrected chi connectivity index (χ2v) is 13.9. The second-order valence-electron chi connectivity index (χ2n) is 10.3. The summed E-state index contributed by atoms with van der Waals surface area (Å²) in [5.74, 6) is 7.26. The third-order valence-corrected chi connectivity index (χ3v) is 10.7. The van der Waals surface area contributed by atoms with Crippen LogP contribution in [0.3, 0.4) is 0 Å². The maximum atomic E-state index is 13.6. The largest absolute Gasteiger partial charge is 0.495 e. The summed E-state index contributed by atoms with van der Waals surface area (Å²) < 4.78 is 91.7. The van der Waals surface area contributed by atoms with Crippen LogP contribution in [-0.2, 0) is 32.1 Å². The standard InChI is InChI=1S/C29H33F3N4O5S2/c1-40-28-19-23(43(38,39)35-12-14-41-15-13-35)7-8-26(28)33-11-3-4-22-18-24-25(34-21-9-16-42(37)17-10-21)5-2-6-27(24)36(22)20-29(30,31)32/h2,5-8,18-19,21,33-34H,9-17,20H2,1H3. The van der Waals surface area contributed by atoms with Gasteiger partial charge in [0.15, 0.2) is 0 Å². The first-order valence-corrected chi connectivity index (χ1v) is 16.8. The van der Waals surface area contributed by atoms with E-state index in [0.29, 0.717) is 52.7 Å². The summed E-state index contributed by atoms with van der Waals surface area (Å²) in [5.41, 5.74) is 1.84. The molecule has 0 atom stereocenters. The maximum Gasteiger partial charge on any atom is 0.406 e. The zero-order valence-corrected chi connectivity index (χ0v) is 25.2. The minimum Gasteiger partial charge on any atom is -0.495 e. The van der Waals surface area contributed by atoms with Gasteiger partial charge in [-0.3, -0.25) is 4.21 Å². The molecule has 1 aromatic heterocycles. The van der Waals surface area contributed by atoms with Gasteiger partial charge in [-0.15, -0.1) is 0 Å². The number of alkyl halides is 3. The topological polar surface area (TPSA) is 102 Å². The Morgan fingerprint density at radius 3 is 2.53 bits per heavy atom. The van der Waals surface area contributed by atoms with Crippen LogP contribution in [0.2, 0.25) is 0 Å². The van der Waals surface area contributed by atoms with Crippen LogP contribution in [0, 0.1) is 11.8 Å². The fraction of sp³-hybridized carbons (Fsp3) is 0.448. The van der Waals surface area contributed by atoms with Gasteiger partial charge < -0.3 is 24.7 Å². The fourth-order valence-electron chi connectivity index (χ4n) is 5.21. The van der Waals surface area contributed by atoms with Crippen molar-refractivity contribution in [2.75, 3.05) is 62.1 Å². The summed E-state index contributed by atoms with van der Waals surface area (Å²) in [4.78, 5) is 0.0884. The minimum atomic E-state index is -4.45. The summed E-state index contributed by atoms with van der Waals surface area (Å²) in [7, 11) is -3.11. The number of ether oxygens (including phenoxy) is 2. The number of nitrogens with zero attached hydrogens (tertiary/aromatic N) is 2. The number of hydrogen-bond donors (Lipinski definition) is 2. The number of morpholine rings is 1. The van der Waals surface area contributed by atoms with Gasteiger partial charge in [-0.2, -0.15) is 17.5 Å². The quantitative estimate of drug-likeness (QED) is 0.360. The molecule has 2 aromatic carbocycles. The zero-order valence-electron chi connectivity index (χ0n) is 23.6. The van der Waals surface area contributed by atoms with Gasteiger partial charge in [0.05, 0.1) is 48.7 Å². The van der Waals surface area contributed by atoms with Crippen LogP contribution in [0.25, 0.3) is 10.9 Å². The van der Waals surface area contributed by atoms with Crippen molar-refractivity contribution in [1.29, 1.82) is 0 Å². The van der Waals surface area contributed by atoms with Crippen molar-refractivity contribution >= 4 is 43.1 Å². The van der Waals surface area contributed by atoms with E-state index in [2.05, 4.69) is 22.5 Å². The number of fused-ring (bicyclic) bond motifs is 1. The number of sulfonamides is 1. The van der Waals surface area contributed by atoms with Gasteiger partial charge in [0, 0.05) is 58.6 Å². The van der Waals surface area contributed by atoms with Crippen molar-refractivity contribution < 1.29 is 35.3 Å². The van der Waals surface area contributed by atoms with Crippen LogP contribution >= 0.6 is 0 Å². The lowest BCUT2D eigenvalue weighted by molar-refractivity contribution is -0.140. The van der Waals surface area contributed by atoms with Crippen LogP contribution in [-0.4, -0.2) is 85.2 Å². The Hall–Kier alpha value is -3.25. The van der Waals surface area contributed by atoms with Crippen LogP contribution in [0.1, 0.15) is 18.5 Å². The smallest absolute Gasteiger partial charge is 0.406 e. The van der Waals surface area contributed by atoms with Gasteiger partial charge in [-0.1, -0.05) is 12.0 Å². The van der Waals surface area contributed by atoms with Crippen molar-refractivity contribution in [3.63, 3.8) is 0 Å². The lowest BCUT2D eigenvalue weighted by Gasteiger charge is -2.26. The minimum absolute atomic E-state index is 0.0732. The highest BCUT2D eigenvalue weighted by atomic mass is 32.2. The van der Waals surface area contributed by atoms with Crippen LogP contribution < -0.4 is 15.4 Å². The molecule has 0 spiro atoms. The van der Waals surface area contributed by atoms with Crippen molar-refractivity contribution in [1.82, 2.24) is 8.87 Å². The molecule has 5 rings (SSSR count). The molecule has 0 radical (unpaired) electrons. The molecule has 2 fully saturated rings. The predicted molar refractivity (Wildman–Crippen MR) is 160 cm³/mol. The lowest BCUT2D eigenvalue weighted by Crippen LogP contribution is -2.40. The number of hydrogen-bond acceptors (Lipinski definition) is 7. The summed E-state index contributed by atoms with van der Waals surface area (Å²) in [5, 5.41) is 7.13. The molecule has 232 valence electrons. The van der Waals surface area contributed by atoms with Gasteiger partial charge >= 0.3 is 6.18 Å². The predicted octanol–water partition coefficient (Wildman–Crippen LogP) is 4.02. The highest BCUT2D eigenvalue weighted by molar-refractivity contribution is 7.89.